The number of amides is 1. The highest BCUT2D eigenvalue weighted by Crippen LogP contribution is 2.56. The van der Waals surface area contributed by atoms with Gasteiger partial charge in [0.25, 0.3) is 5.91 Å². The molecule has 3 heterocycles. The van der Waals surface area contributed by atoms with Gasteiger partial charge in [0.15, 0.2) is 5.17 Å². The van der Waals surface area contributed by atoms with Crippen LogP contribution in [-0.2, 0) is 5.54 Å². The Morgan fingerprint density at radius 3 is 2.90 bits per heavy atom. The molecule has 2 aliphatic rings. The molecule has 3 atom stereocenters. The number of carbonyl (C=O) groups is 1. The second kappa shape index (κ2) is 8.06. The monoisotopic (exact) mass is 426 g/mol. The molecule has 1 unspecified atom stereocenters. The van der Waals surface area contributed by atoms with Gasteiger partial charge in [0.2, 0.25) is 0 Å². The van der Waals surface area contributed by atoms with Crippen LogP contribution in [0.3, 0.4) is 0 Å². The average molecular weight is 426 g/mol. The summed E-state index contributed by atoms with van der Waals surface area (Å²) < 4.78 is 0. The van der Waals surface area contributed by atoms with Crippen molar-refractivity contribution in [1.29, 1.82) is 5.26 Å². The summed E-state index contributed by atoms with van der Waals surface area (Å²) in [5.74, 6) is -0.326. The third-order valence-electron chi connectivity index (χ3n) is 5.69. The molecule has 152 valence electrons. The molecule has 1 amide bonds. The largest absolute Gasteiger partial charge is 0.378 e. The van der Waals surface area contributed by atoms with Crippen LogP contribution in [0.2, 0.25) is 6.32 Å². The number of fused-ring (bicyclic) bond motifs is 1. The molecule has 1 aromatic carbocycles. The number of aliphatic imine (C=N–C) groups is 1. The van der Waals surface area contributed by atoms with Crippen molar-refractivity contribution >= 4 is 49.7 Å². The fraction of sp³-hybridized carbons (Fsp3) is 0.333. The Hall–Kier alpha value is -2.76. The van der Waals surface area contributed by atoms with Crippen LogP contribution in [0, 0.1) is 18.3 Å². The number of rotatable bonds is 6. The summed E-state index contributed by atoms with van der Waals surface area (Å²) >= 11 is 1.43. The molecule has 2 aliphatic heterocycles. The fourth-order valence-corrected chi connectivity index (χ4v) is 5.35. The summed E-state index contributed by atoms with van der Waals surface area (Å²) in [6.45, 7) is 1.91. The molecular weight excluding hydrogens is 406 g/mol. The predicted octanol–water partition coefficient (Wildman–Crippen LogP) is 1.25. The summed E-state index contributed by atoms with van der Waals surface area (Å²) in [7, 11) is 12.6. The number of aryl methyl sites for hydroxylation is 1. The third kappa shape index (κ3) is 3.84. The lowest BCUT2D eigenvalue weighted by atomic mass is 9.70. The first-order valence-electron chi connectivity index (χ1n) is 9.86. The molecule has 4 radical (unpaired) electrons. The van der Waals surface area contributed by atoms with Crippen molar-refractivity contribution in [2.45, 2.75) is 42.5 Å². The minimum atomic E-state index is -0.891. The number of pyridine rings is 1. The zero-order valence-electron chi connectivity index (χ0n) is 17.1. The number of amidine groups is 1. The van der Waals surface area contributed by atoms with E-state index in [0.717, 1.165) is 5.56 Å². The van der Waals surface area contributed by atoms with Crippen LogP contribution >= 0.6 is 11.8 Å². The average Bonchev–Trinajstić information content (AvgIpc) is 3.48. The van der Waals surface area contributed by atoms with Crippen molar-refractivity contribution in [2.75, 3.05) is 5.32 Å². The van der Waals surface area contributed by atoms with Crippen molar-refractivity contribution in [3.63, 3.8) is 0 Å². The molecule has 2 aromatic rings. The number of hydrogen-bond acceptors (Lipinski definition) is 7. The van der Waals surface area contributed by atoms with Gasteiger partial charge in [0, 0.05) is 18.3 Å². The number of nitrogens with two attached hydrogens (primary N) is 1. The van der Waals surface area contributed by atoms with Gasteiger partial charge in [0.1, 0.15) is 13.5 Å². The van der Waals surface area contributed by atoms with E-state index in [1.54, 1.807) is 30.5 Å². The van der Waals surface area contributed by atoms with Crippen molar-refractivity contribution in [3.8, 4) is 6.07 Å². The van der Waals surface area contributed by atoms with Crippen molar-refractivity contribution in [3.05, 3.63) is 53.3 Å². The Balaban J connectivity index is 1.67. The summed E-state index contributed by atoms with van der Waals surface area (Å²) in [6, 6.07) is 10.8. The molecule has 0 aliphatic carbocycles. The number of nitrogens with zero attached hydrogens (tertiary/aromatic N) is 3. The lowest BCUT2D eigenvalue weighted by molar-refractivity contribution is 0.102. The third-order valence-corrected chi connectivity index (χ3v) is 6.91. The summed E-state index contributed by atoms with van der Waals surface area (Å²) in [6.07, 6.45) is 2.82. The van der Waals surface area contributed by atoms with Gasteiger partial charge >= 0.3 is 0 Å². The molecule has 1 saturated heterocycles. The Morgan fingerprint density at radius 2 is 2.23 bits per heavy atom. The first-order valence-corrected chi connectivity index (χ1v) is 10.7. The van der Waals surface area contributed by atoms with Crippen LogP contribution in [-0.4, -0.2) is 42.7 Å². The highest BCUT2D eigenvalue weighted by molar-refractivity contribution is 8.15. The topological polar surface area (TPSA) is 126 Å². The van der Waals surface area contributed by atoms with Crippen LogP contribution in [0.25, 0.3) is 0 Å². The van der Waals surface area contributed by atoms with Crippen LogP contribution in [0.1, 0.15) is 34.5 Å². The van der Waals surface area contributed by atoms with E-state index in [9.17, 15) is 4.79 Å². The molecule has 0 bridgehead atoms. The fourth-order valence-electron chi connectivity index (χ4n) is 4.07. The molecule has 4 rings (SSSR count). The molecule has 0 spiro atoms. The summed E-state index contributed by atoms with van der Waals surface area (Å²) in [4.78, 5) is 21.1. The van der Waals surface area contributed by atoms with E-state index in [-0.39, 0.29) is 18.3 Å². The first-order chi connectivity index (χ1) is 14.8. The van der Waals surface area contributed by atoms with Gasteiger partial charge in [-0.2, -0.15) is 5.26 Å². The minimum absolute atomic E-state index is 0.123. The maximum atomic E-state index is 12.6. The molecule has 7 nitrogen and oxygen atoms in total. The Labute approximate surface area is 188 Å². The van der Waals surface area contributed by atoms with Gasteiger partial charge in [-0.25, -0.2) is 0 Å². The van der Waals surface area contributed by atoms with E-state index >= 15 is 0 Å². The van der Waals surface area contributed by atoms with Gasteiger partial charge in [-0.1, -0.05) is 35.7 Å². The van der Waals surface area contributed by atoms with Crippen LogP contribution in [0.4, 0.5) is 5.69 Å². The van der Waals surface area contributed by atoms with Crippen LogP contribution in [0.5, 0.6) is 0 Å². The SMILES string of the molecule is [B]C[C@]1(c2cc(NC(=O)c3ccc(C)cn3)ccc2[B])N=C(N)S[C@@]2(CCC#N)NC21. The standard InChI is InChI=1S/C21H20B2N6OS/c1-12-3-6-16(26-10-12)17(30)27-13-4-5-15(23)14(9-13)20(11-22)18-21(28-18,7-2-8-24)31-19(25)29-20/h3-6,9-10,18,28H,2,7,11H2,1H3,(H2,25,29)(H,27,30)/t18?,20-,21-/m1/s1. The normalized spacial score (nSPS) is 26.3. The number of nitrogens with one attached hydrogen (secondary N) is 2. The number of anilines is 1. The van der Waals surface area contributed by atoms with Crippen molar-refractivity contribution in [1.82, 2.24) is 10.3 Å². The van der Waals surface area contributed by atoms with Crippen LogP contribution in [0.15, 0.2) is 41.5 Å². The highest BCUT2D eigenvalue weighted by atomic mass is 32.2. The predicted molar refractivity (Wildman–Crippen MR) is 125 cm³/mol. The van der Waals surface area contributed by atoms with E-state index in [1.165, 1.54) is 11.8 Å². The number of hydrogen-bond donors (Lipinski definition) is 3. The quantitative estimate of drug-likeness (QED) is 0.472. The van der Waals surface area contributed by atoms with E-state index in [2.05, 4.69) is 21.7 Å². The van der Waals surface area contributed by atoms with Crippen molar-refractivity contribution < 1.29 is 4.79 Å². The zero-order valence-corrected chi connectivity index (χ0v) is 17.9. The molecular formula is C21H20B2N6OS. The van der Waals surface area contributed by atoms with E-state index in [1.807, 2.05) is 13.0 Å². The number of carbonyl (C=O) groups excluding carboxylic acids is 1. The lowest BCUT2D eigenvalue weighted by Gasteiger charge is -2.36. The van der Waals surface area contributed by atoms with Gasteiger partial charge in [-0.15, -0.1) is 0 Å². The Kier molecular flexibility index (Phi) is 5.58. The Morgan fingerprint density at radius 1 is 1.42 bits per heavy atom. The van der Waals surface area contributed by atoms with Crippen LogP contribution < -0.4 is 21.8 Å². The van der Waals surface area contributed by atoms with Gasteiger partial charge < -0.3 is 11.1 Å². The highest BCUT2D eigenvalue weighted by Gasteiger charge is 2.66. The molecule has 4 N–H and O–H groups in total. The van der Waals surface area contributed by atoms with Gasteiger partial charge in [-0.05, 0) is 42.7 Å². The zero-order chi connectivity index (χ0) is 22.2. The molecule has 31 heavy (non-hydrogen) atoms. The number of thioether (sulfide) groups is 1. The van der Waals surface area contributed by atoms with E-state index < -0.39 is 10.4 Å². The summed E-state index contributed by atoms with van der Waals surface area (Å²) in [5.41, 5.74) is 8.31. The number of benzene rings is 1. The summed E-state index contributed by atoms with van der Waals surface area (Å²) in [5, 5.41) is 15.7. The first kappa shape index (κ1) is 21.5. The van der Waals surface area contributed by atoms with E-state index in [0.29, 0.717) is 40.4 Å². The maximum Gasteiger partial charge on any atom is 0.274 e. The molecule has 1 aromatic heterocycles. The minimum Gasteiger partial charge on any atom is -0.378 e. The Bertz CT molecular complexity index is 1100. The smallest absolute Gasteiger partial charge is 0.274 e. The van der Waals surface area contributed by atoms with Gasteiger partial charge in [-0.3, -0.25) is 20.1 Å². The number of aromatic nitrogens is 1. The van der Waals surface area contributed by atoms with Crippen molar-refractivity contribution in [2.24, 2.45) is 10.7 Å². The molecule has 0 saturated carbocycles. The number of nitriles is 1. The second-order valence-corrected chi connectivity index (χ2v) is 9.13. The molecule has 1 fully saturated rings. The molecule has 10 heteroatoms. The lowest BCUT2D eigenvalue weighted by Crippen LogP contribution is -2.43. The van der Waals surface area contributed by atoms with E-state index in [4.69, 9.17) is 31.7 Å². The maximum absolute atomic E-state index is 12.6. The second-order valence-electron chi connectivity index (χ2n) is 7.78. The van der Waals surface area contributed by atoms with Gasteiger partial charge in [0.05, 0.1) is 30.4 Å².